The van der Waals surface area contributed by atoms with E-state index in [9.17, 15) is 4.79 Å². The number of carbonyl (C=O) groups is 1. The smallest absolute Gasteiger partial charge is 0.230 e. The van der Waals surface area contributed by atoms with Gasteiger partial charge in [-0.2, -0.15) is 4.52 Å². The zero-order valence-electron chi connectivity index (χ0n) is 16.3. The predicted octanol–water partition coefficient (Wildman–Crippen LogP) is 1.83. The number of pyridine rings is 1. The first-order valence-corrected chi connectivity index (χ1v) is 9.35. The number of hydrogen-bond donors (Lipinski definition) is 1. The molecule has 0 aromatic carbocycles. The van der Waals surface area contributed by atoms with Crippen LogP contribution in [-0.4, -0.2) is 56.9 Å². The van der Waals surface area contributed by atoms with Crippen molar-refractivity contribution in [3.05, 3.63) is 36.8 Å². The fraction of sp³-hybridized carbons (Fsp3) is 0.421. The maximum Gasteiger partial charge on any atom is 0.230 e. The van der Waals surface area contributed by atoms with Gasteiger partial charge in [-0.05, 0) is 24.3 Å². The van der Waals surface area contributed by atoms with Crippen molar-refractivity contribution in [2.75, 3.05) is 41.3 Å². The first kappa shape index (κ1) is 18.1. The third-order valence-electron chi connectivity index (χ3n) is 4.79. The summed E-state index contributed by atoms with van der Waals surface area (Å²) in [5.41, 5.74) is 1.35. The van der Waals surface area contributed by atoms with Gasteiger partial charge in [-0.15, -0.1) is 15.3 Å². The number of aromatic nitrogens is 5. The molecule has 4 rings (SSSR count). The number of amides is 1. The number of fused-ring (bicyclic) bond motifs is 1. The molecule has 0 atom stereocenters. The minimum Gasteiger partial charge on any atom is -0.367 e. The van der Waals surface area contributed by atoms with Crippen molar-refractivity contribution in [2.45, 2.75) is 20.8 Å². The monoisotopic (exact) mass is 380 g/mol. The van der Waals surface area contributed by atoms with Gasteiger partial charge in [0.2, 0.25) is 5.91 Å². The Morgan fingerprint density at radius 2 is 1.79 bits per heavy atom. The van der Waals surface area contributed by atoms with Gasteiger partial charge in [0.05, 0.1) is 11.9 Å². The third kappa shape index (κ3) is 3.73. The highest BCUT2D eigenvalue weighted by Gasteiger charge is 2.22. The van der Waals surface area contributed by atoms with E-state index in [0.717, 1.165) is 43.3 Å². The summed E-state index contributed by atoms with van der Waals surface area (Å²) < 4.78 is 1.69. The van der Waals surface area contributed by atoms with Gasteiger partial charge >= 0.3 is 0 Å². The number of nitrogens with one attached hydrogen (secondary N) is 1. The maximum absolute atomic E-state index is 12.1. The summed E-state index contributed by atoms with van der Waals surface area (Å²) in [7, 11) is 0. The lowest BCUT2D eigenvalue weighted by Gasteiger charge is -2.36. The lowest BCUT2D eigenvalue weighted by atomic mass is 9.96. The molecule has 1 N–H and O–H groups in total. The van der Waals surface area contributed by atoms with E-state index in [-0.39, 0.29) is 5.91 Å². The molecule has 0 bridgehead atoms. The number of nitrogens with zero attached hydrogens (tertiary/aromatic N) is 7. The lowest BCUT2D eigenvalue weighted by Crippen LogP contribution is -2.47. The molecule has 0 radical (unpaired) electrons. The maximum atomic E-state index is 12.1. The van der Waals surface area contributed by atoms with Gasteiger partial charge in [0, 0.05) is 31.6 Å². The number of hydrogen-bond acceptors (Lipinski definition) is 7. The van der Waals surface area contributed by atoms with Crippen molar-refractivity contribution in [3.63, 3.8) is 0 Å². The van der Waals surface area contributed by atoms with E-state index in [1.807, 2.05) is 51.2 Å². The van der Waals surface area contributed by atoms with Crippen LogP contribution in [0.1, 0.15) is 20.8 Å². The second-order valence-corrected chi connectivity index (χ2v) is 7.91. The van der Waals surface area contributed by atoms with Crippen LogP contribution in [0.2, 0.25) is 0 Å². The van der Waals surface area contributed by atoms with Gasteiger partial charge in [-0.25, -0.2) is 4.98 Å². The molecule has 1 aliphatic rings. The molecule has 3 aromatic rings. The van der Waals surface area contributed by atoms with E-state index >= 15 is 0 Å². The molecule has 4 heterocycles. The van der Waals surface area contributed by atoms with Crippen molar-refractivity contribution >= 4 is 28.9 Å². The Morgan fingerprint density at radius 1 is 1.04 bits per heavy atom. The van der Waals surface area contributed by atoms with Gasteiger partial charge in [0.25, 0.3) is 0 Å². The van der Waals surface area contributed by atoms with Crippen molar-refractivity contribution in [1.82, 2.24) is 24.8 Å². The molecule has 0 aliphatic carbocycles. The summed E-state index contributed by atoms with van der Waals surface area (Å²) in [6.45, 7) is 9.12. The number of anilines is 3. The number of rotatable bonds is 3. The standard InChI is InChI=1S/C19H24N8O/c1-19(2,3)18(28)22-15-5-4-14(12-20-15)25-8-10-26(11-9-25)17-7-6-16-23-21-13-27(16)24-17/h4-7,12-13H,8-11H2,1-3H3,(H,20,22,28). The van der Waals surface area contributed by atoms with Crippen LogP contribution in [0.3, 0.4) is 0 Å². The minimum absolute atomic E-state index is 0.0427. The quantitative estimate of drug-likeness (QED) is 0.741. The highest BCUT2D eigenvalue weighted by Crippen LogP contribution is 2.21. The van der Waals surface area contributed by atoms with Crippen LogP contribution in [0.25, 0.3) is 5.65 Å². The first-order chi connectivity index (χ1) is 13.4. The molecule has 0 spiro atoms. The fourth-order valence-corrected chi connectivity index (χ4v) is 3.03. The van der Waals surface area contributed by atoms with Crippen LogP contribution in [0.5, 0.6) is 0 Å². The predicted molar refractivity (Wildman–Crippen MR) is 108 cm³/mol. The SMILES string of the molecule is CC(C)(C)C(=O)Nc1ccc(N2CCN(c3ccc4nncn4n3)CC2)cn1. The van der Waals surface area contributed by atoms with Crippen LogP contribution in [0.4, 0.5) is 17.3 Å². The van der Waals surface area contributed by atoms with Gasteiger partial charge in [-0.3, -0.25) is 4.79 Å². The summed E-state index contributed by atoms with van der Waals surface area (Å²) in [6, 6.07) is 7.76. The summed E-state index contributed by atoms with van der Waals surface area (Å²) >= 11 is 0. The Bertz CT molecular complexity index is 968. The highest BCUT2D eigenvalue weighted by atomic mass is 16.2. The lowest BCUT2D eigenvalue weighted by molar-refractivity contribution is -0.123. The number of carbonyl (C=O) groups excluding carboxylic acids is 1. The summed E-state index contributed by atoms with van der Waals surface area (Å²) in [4.78, 5) is 21.0. The molecule has 1 aliphatic heterocycles. The second kappa shape index (κ2) is 7.06. The Hall–Kier alpha value is -3.23. The van der Waals surface area contributed by atoms with E-state index in [0.29, 0.717) is 5.82 Å². The van der Waals surface area contributed by atoms with Crippen molar-refractivity contribution < 1.29 is 4.79 Å². The molecule has 1 amide bonds. The van der Waals surface area contributed by atoms with Gasteiger partial charge in [-0.1, -0.05) is 20.8 Å². The topological polar surface area (TPSA) is 91.6 Å². The fourth-order valence-electron chi connectivity index (χ4n) is 3.03. The summed E-state index contributed by atoms with van der Waals surface area (Å²) in [5.74, 6) is 1.46. The van der Waals surface area contributed by atoms with Gasteiger partial charge in [0.15, 0.2) is 5.65 Å². The summed E-state index contributed by atoms with van der Waals surface area (Å²) in [6.07, 6.45) is 3.43. The summed E-state index contributed by atoms with van der Waals surface area (Å²) in [5, 5.41) is 15.3. The zero-order valence-corrected chi connectivity index (χ0v) is 16.3. The van der Waals surface area contributed by atoms with Crippen LogP contribution >= 0.6 is 0 Å². The van der Waals surface area contributed by atoms with Crippen LogP contribution in [0.15, 0.2) is 36.8 Å². The Morgan fingerprint density at radius 3 is 2.46 bits per heavy atom. The second-order valence-electron chi connectivity index (χ2n) is 7.91. The molecule has 9 heteroatoms. The van der Waals surface area contributed by atoms with E-state index in [4.69, 9.17) is 0 Å². The Labute approximate surface area is 163 Å². The van der Waals surface area contributed by atoms with E-state index in [2.05, 4.69) is 35.4 Å². The van der Waals surface area contributed by atoms with Crippen molar-refractivity contribution in [3.8, 4) is 0 Å². The average Bonchev–Trinajstić information content (AvgIpc) is 3.16. The molecule has 146 valence electrons. The molecule has 9 nitrogen and oxygen atoms in total. The molecule has 3 aromatic heterocycles. The van der Waals surface area contributed by atoms with Crippen LogP contribution in [-0.2, 0) is 4.79 Å². The zero-order chi connectivity index (χ0) is 19.7. The largest absolute Gasteiger partial charge is 0.367 e. The van der Waals surface area contributed by atoms with Crippen molar-refractivity contribution in [1.29, 1.82) is 0 Å². The van der Waals surface area contributed by atoms with E-state index < -0.39 is 5.41 Å². The minimum atomic E-state index is -0.444. The Kier molecular flexibility index (Phi) is 4.58. The third-order valence-corrected chi connectivity index (χ3v) is 4.79. The van der Waals surface area contributed by atoms with Crippen LogP contribution < -0.4 is 15.1 Å². The van der Waals surface area contributed by atoms with Crippen LogP contribution in [0, 0.1) is 5.41 Å². The van der Waals surface area contributed by atoms with Gasteiger partial charge < -0.3 is 15.1 Å². The molecule has 0 saturated carbocycles. The van der Waals surface area contributed by atoms with E-state index in [1.54, 1.807) is 10.8 Å². The normalized spacial score (nSPS) is 15.1. The van der Waals surface area contributed by atoms with Gasteiger partial charge in [0.1, 0.15) is 18.0 Å². The van der Waals surface area contributed by atoms with Crippen molar-refractivity contribution in [2.24, 2.45) is 5.41 Å². The first-order valence-electron chi connectivity index (χ1n) is 9.35. The Balaban J connectivity index is 1.37. The number of piperazine rings is 1. The highest BCUT2D eigenvalue weighted by molar-refractivity contribution is 5.93. The molecular formula is C19H24N8O. The molecule has 0 unspecified atom stereocenters. The molecule has 1 saturated heterocycles. The molecule has 28 heavy (non-hydrogen) atoms. The molecule has 1 fully saturated rings. The molecular weight excluding hydrogens is 356 g/mol. The van der Waals surface area contributed by atoms with E-state index in [1.165, 1.54) is 0 Å². The average molecular weight is 380 g/mol.